The summed E-state index contributed by atoms with van der Waals surface area (Å²) in [7, 11) is 0. The van der Waals surface area contributed by atoms with Crippen molar-refractivity contribution >= 4 is 11.8 Å². The summed E-state index contributed by atoms with van der Waals surface area (Å²) >= 11 is 1.65. The summed E-state index contributed by atoms with van der Waals surface area (Å²) in [5.74, 6) is 0.736. The van der Waals surface area contributed by atoms with E-state index >= 15 is 0 Å². The van der Waals surface area contributed by atoms with Crippen LogP contribution in [0.5, 0.6) is 0 Å². The Hall–Kier alpha value is -0.520. The zero-order valence-electron chi connectivity index (χ0n) is 9.50. The summed E-state index contributed by atoms with van der Waals surface area (Å²) in [6, 6.07) is 0. The molecule has 1 aromatic heterocycles. The van der Waals surface area contributed by atoms with Crippen molar-refractivity contribution in [1.82, 2.24) is 15.3 Å². The maximum Gasteiger partial charge on any atom is 0.0925 e. The molecule has 4 nitrogen and oxygen atoms in total. The predicted octanol–water partition coefficient (Wildman–Crippen LogP) is 0.922. The standard InChI is InChI=1S/C10H19N3OS/c1-8-9(13-7-12-8)4-11-5-10(2,14)6-15-3/h7,11,14H,4-6H2,1-3H3,(H,12,13). The number of thioether (sulfide) groups is 1. The number of aromatic amines is 1. The number of H-pyrrole nitrogens is 1. The molecule has 1 aromatic rings. The quantitative estimate of drug-likeness (QED) is 0.679. The van der Waals surface area contributed by atoms with Crippen LogP contribution in [0.3, 0.4) is 0 Å². The Bertz CT molecular complexity index is 299. The minimum atomic E-state index is -0.649. The summed E-state index contributed by atoms with van der Waals surface area (Å²) < 4.78 is 0. The van der Waals surface area contributed by atoms with E-state index in [1.165, 1.54) is 0 Å². The average Bonchev–Trinajstić information content (AvgIpc) is 2.51. The van der Waals surface area contributed by atoms with E-state index in [1.54, 1.807) is 18.1 Å². The number of hydrogen-bond donors (Lipinski definition) is 3. The molecule has 0 radical (unpaired) electrons. The van der Waals surface area contributed by atoms with Gasteiger partial charge in [-0.15, -0.1) is 0 Å². The second kappa shape index (κ2) is 5.53. The Morgan fingerprint density at radius 3 is 2.93 bits per heavy atom. The highest BCUT2D eigenvalue weighted by molar-refractivity contribution is 7.98. The molecule has 0 aliphatic carbocycles. The topological polar surface area (TPSA) is 60.9 Å². The van der Waals surface area contributed by atoms with Crippen molar-refractivity contribution in [3.05, 3.63) is 17.7 Å². The number of rotatable bonds is 6. The molecule has 15 heavy (non-hydrogen) atoms. The van der Waals surface area contributed by atoms with Crippen molar-refractivity contribution in [2.75, 3.05) is 18.6 Å². The predicted molar refractivity (Wildman–Crippen MR) is 64.0 cm³/mol. The van der Waals surface area contributed by atoms with Crippen molar-refractivity contribution < 1.29 is 5.11 Å². The zero-order valence-corrected chi connectivity index (χ0v) is 10.3. The van der Waals surface area contributed by atoms with Gasteiger partial charge in [0, 0.05) is 24.5 Å². The van der Waals surface area contributed by atoms with Gasteiger partial charge in [0.15, 0.2) is 0 Å². The fourth-order valence-corrected chi connectivity index (χ4v) is 2.10. The molecule has 0 aliphatic rings. The number of aliphatic hydroxyl groups is 1. The highest BCUT2D eigenvalue weighted by Gasteiger charge is 2.18. The molecule has 3 N–H and O–H groups in total. The monoisotopic (exact) mass is 229 g/mol. The highest BCUT2D eigenvalue weighted by Crippen LogP contribution is 2.09. The number of nitrogens with one attached hydrogen (secondary N) is 2. The fourth-order valence-electron chi connectivity index (χ4n) is 1.38. The van der Waals surface area contributed by atoms with E-state index < -0.39 is 5.60 Å². The van der Waals surface area contributed by atoms with Gasteiger partial charge in [-0.3, -0.25) is 0 Å². The average molecular weight is 229 g/mol. The van der Waals surface area contributed by atoms with Gasteiger partial charge in [0.2, 0.25) is 0 Å². The van der Waals surface area contributed by atoms with Gasteiger partial charge in [-0.1, -0.05) is 0 Å². The van der Waals surface area contributed by atoms with Crippen LogP contribution in [0.15, 0.2) is 6.33 Å². The van der Waals surface area contributed by atoms with Gasteiger partial charge in [0.25, 0.3) is 0 Å². The Morgan fingerprint density at radius 2 is 2.40 bits per heavy atom. The summed E-state index contributed by atoms with van der Waals surface area (Å²) in [5, 5.41) is 13.1. The van der Waals surface area contributed by atoms with E-state index in [0.717, 1.165) is 17.1 Å². The van der Waals surface area contributed by atoms with Crippen LogP contribution in [0.2, 0.25) is 0 Å². The Kier molecular flexibility index (Phi) is 4.63. The van der Waals surface area contributed by atoms with Crippen LogP contribution in [-0.2, 0) is 6.54 Å². The summed E-state index contributed by atoms with van der Waals surface area (Å²) in [4.78, 5) is 7.20. The molecule has 1 unspecified atom stereocenters. The maximum atomic E-state index is 9.90. The van der Waals surface area contributed by atoms with Crippen LogP contribution < -0.4 is 5.32 Å². The zero-order chi connectivity index (χ0) is 11.3. The first kappa shape index (κ1) is 12.5. The van der Waals surface area contributed by atoms with E-state index in [0.29, 0.717) is 13.1 Å². The number of aryl methyl sites for hydroxylation is 1. The molecule has 0 spiro atoms. The first-order chi connectivity index (χ1) is 7.05. The minimum absolute atomic E-state index is 0.583. The van der Waals surface area contributed by atoms with Gasteiger partial charge < -0.3 is 15.4 Å². The molecule has 0 fully saturated rings. The fraction of sp³-hybridized carbons (Fsp3) is 0.700. The molecule has 86 valence electrons. The maximum absolute atomic E-state index is 9.90. The van der Waals surface area contributed by atoms with Crippen LogP contribution in [0.1, 0.15) is 18.3 Å². The molecule has 1 rings (SSSR count). The van der Waals surface area contributed by atoms with E-state index in [4.69, 9.17) is 0 Å². The SMILES string of the molecule is CSCC(C)(O)CNCc1nc[nH]c1C. The minimum Gasteiger partial charge on any atom is -0.388 e. The third-order valence-electron chi connectivity index (χ3n) is 2.19. The lowest BCUT2D eigenvalue weighted by atomic mass is 10.1. The lowest BCUT2D eigenvalue weighted by molar-refractivity contribution is 0.0845. The normalized spacial score (nSPS) is 15.2. The smallest absolute Gasteiger partial charge is 0.0925 e. The molecule has 5 heteroatoms. The van der Waals surface area contributed by atoms with Crippen molar-refractivity contribution in [2.24, 2.45) is 0 Å². The summed E-state index contributed by atoms with van der Waals surface area (Å²) in [6.07, 6.45) is 3.68. The van der Waals surface area contributed by atoms with E-state index in [1.807, 2.05) is 20.1 Å². The Morgan fingerprint density at radius 1 is 1.67 bits per heavy atom. The second-order valence-electron chi connectivity index (χ2n) is 4.01. The van der Waals surface area contributed by atoms with Crippen LogP contribution >= 0.6 is 11.8 Å². The first-order valence-electron chi connectivity index (χ1n) is 4.96. The number of nitrogens with zero attached hydrogens (tertiary/aromatic N) is 1. The molecule has 0 bridgehead atoms. The number of hydrogen-bond acceptors (Lipinski definition) is 4. The van der Waals surface area contributed by atoms with Crippen molar-refractivity contribution in [3.8, 4) is 0 Å². The molecule has 0 aromatic carbocycles. The van der Waals surface area contributed by atoms with Gasteiger partial charge >= 0.3 is 0 Å². The van der Waals surface area contributed by atoms with Gasteiger partial charge in [0.05, 0.1) is 17.6 Å². The van der Waals surface area contributed by atoms with Crippen LogP contribution in [0, 0.1) is 6.92 Å². The number of aromatic nitrogens is 2. The molecule has 1 atom stereocenters. The molecule has 0 saturated carbocycles. The van der Waals surface area contributed by atoms with Gasteiger partial charge in [-0.25, -0.2) is 4.98 Å². The number of imidazole rings is 1. The molecular weight excluding hydrogens is 210 g/mol. The van der Waals surface area contributed by atoms with Crippen molar-refractivity contribution in [1.29, 1.82) is 0 Å². The summed E-state index contributed by atoms with van der Waals surface area (Å²) in [6.45, 7) is 5.11. The molecule has 0 amide bonds. The Balaban J connectivity index is 2.30. The molecule has 0 saturated heterocycles. The van der Waals surface area contributed by atoms with E-state index in [-0.39, 0.29) is 0 Å². The molecule has 1 heterocycles. The third kappa shape index (κ3) is 4.24. The van der Waals surface area contributed by atoms with Crippen LogP contribution in [0.4, 0.5) is 0 Å². The first-order valence-corrected chi connectivity index (χ1v) is 6.35. The lowest BCUT2D eigenvalue weighted by Gasteiger charge is -2.22. The van der Waals surface area contributed by atoms with Crippen LogP contribution in [0.25, 0.3) is 0 Å². The van der Waals surface area contributed by atoms with Crippen LogP contribution in [-0.4, -0.2) is 39.2 Å². The largest absolute Gasteiger partial charge is 0.388 e. The molecular formula is C10H19N3OS. The van der Waals surface area contributed by atoms with Gasteiger partial charge in [-0.2, -0.15) is 11.8 Å². The van der Waals surface area contributed by atoms with Crippen molar-refractivity contribution in [3.63, 3.8) is 0 Å². The highest BCUT2D eigenvalue weighted by atomic mass is 32.2. The second-order valence-corrected chi connectivity index (χ2v) is 4.87. The molecule has 0 aliphatic heterocycles. The third-order valence-corrected chi connectivity index (χ3v) is 3.10. The van der Waals surface area contributed by atoms with E-state index in [2.05, 4.69) is 15.3 Å². The Labute approximate surface area is 94.9 Å². The lowest BCUT2D eigenvalue weighted by Crippen LogP contribution is -2.39. The van der Waals surface area contributed by atoms with E-state index in [9.17, 15) is 5.11 Å². The van der Waals surface area contributed by atoms with Crippen molar-refractivity contribution in [2.45, 2.75) is 26.0 Å². The van der Waals surface area contributed by atoms with Gasteiger partial charge in [-0.05, 0) is 20.1 Å². The van der Waals surface area contributed by atoms with Gasteiger partial charge in [0.1, 0.15) is 0 Å². The summed E-state index contributed by atoms with van der Waals surface area (Å²) in [5.41, 5.74) is 1.44.